The summed E-state index contributed by atoms with van der Waals surface area (Å²) in [6.45, 7) is -0.227. The molecule has 3 heteroatoms. The summed E-state index contributed by atoms with van der Waals surface area (Å²) in [6.07, 6.45) is -2.54. The molecule has 0 fully saturated rings. The van der Waals surface area contributed by atoms with Crippen LogP contribution in [-0.4, -0.2) is 5.11 Å². The Balaban J connectivity index is 2.54. The highest BCUT2D eigenvalue weighted by atomic mass is 19.3. The fraction of sp³-hybridized carbons (Fsp3) is 0.143. The molecule has 2 aromatic carbocycles. The maximum Gasteiger partial charge on any atom is 0.264 e. The Morgan fingerprint density at radius 1 is 1.00 bits per heavy atom. The number of alkyl halides is 2. The van der Waals surface area contributed by atoms with Gasteiger partial charge in [-0.15, -0.1) is 0 Å². The number of benzene rings is 2. The Labute approximate surface area is 98.3 Å². The molecule has 0 aliphatic carbocycles. The molecule has 0 unspecified atom stereocenters. The van der Waals surface area contributed by atoms with Crippen LogP contribution >= 0.6 is 0 Å². The van der Waals surface area contributed by atoms with Crippen LogP contribution in [0.25, 0.3) is 11.1 Å². The smallest absolute Gasteiger partial charge is 0.264 e. The van der Waals surface area contributed by atoms with Gasteiger partial charge in [-0.2, -0.15) is 0 Å². The summed E-state index contributed by atoms with van der Waals surface area (Å²) in [6, 6.07) is 13.7. The van der Waals surface area contributed by atoms with Gasteiger partial charge in [0.05, 0.1) is 6.61 Å². The van der Waals surface area contributed by atoms with Gasteiger partial charge in [0.2, 0.25) is 0 Å². The van der Waals surface area contributed by atoms with Crippen molar-refractivity contribution in [3.63, 3.8) is 0 Å². The minimum atomic E-state index is -2.54. The molecule has 0 aliphatic heterocycles. The molecule has 1 N–H and O–H groups in total. The highest BCUT2D eigenvalue weighted by molar-refractivity contribution is 5.68. The van der Waals surface area contributed by atoms with Crippen molar-refractivity contribution in [2.24, 2.45) is 0 Å². The van der Waals surface area contributed by atoms with Crippen molar-refractivity contribution in [2.75, 3.05) is 0 Å². The fourth-order valence-electron chi connectivity index (χ4n) is 1.77. The Hall–Kier alpha value is -1.74. The van der Waals surface area contributed by atoms with Crippen LogP contribution in [0.2, 0.25) is 0 Å². The molecule has 2 rings (SSSR count). The lowest BCUT2D eigenvalue weighted by Crippen LogP contribution is -1.93. The summed E-state index contributed by atoms with van der Waals surface area (Å²) >= 11 is 0. The predicted molar refractivity (Wildman–Crippen MR) is 62.8 cm³/mol. The van der Waals surface area contributed by atoms with Gasteiger partial charge in [0.25, 0.3) is 6.43 Å². The molecule has 0 bridgehead atoms. The van der Waals surface area contributed by atoms with E-state index in [0.717, 1.165) is 5.56 Å². The van der Waals surface area contributed by atoms with Crippen LogP contribution in [0.1, 0.15) is 17.6 Å². The van der Waals surface area contributed by atoms with Crippen molar-refractivity contribution in [1.29, 1.82) is 0 Å². The number of hydrogen-bond acceptors (Lipinski definition) is 1. The molecule has 0 aromatic heterocycles. The molecule has 0 saturated heterocycles. The molecule has 1 nitrogen and oxygen atoms in total. The number of rotatable bonds is 3. The summed E-state index contributed by atoms with van der Waals surface area (Å²) in [5.41, 5.74) is 1.73. The van der Waals surface area contributed by atoms with Crippen molar-refractivity contribution in [2.45, 2.75) is 13.0 Å². The zero-order chi connectivity index (χ0) is 12.3. The van der Waals surface area contributed by atoms with E-state index in [1.165, 1.54) is 6.07 Å². The lowest BCUT2D eigenvalue weighted by molar-refractivity contribution is 0.151. The van der Waals surface area contributed by atoms with Crippen molar-refractivity contribution < 1.29 is 13.9 Å². The lowest BCUT2D eigenvalue weighted by Gasteiger charge is -2.10. The van der Waals surface area contributed by atoms with Crippen LogP contribution in [0.4, 0.5) is 8.78 Å². The van der Waals surface area contributed by atoms with Gasteiger partial charge >= 0.3 is 0 Å². The molecule has 2 aromatic rings. The average molecular weight is 234 g/mol. The van der Waals surface area contributed by atoms with E-state index in [0.29, 0.717) is 11.1 Å². The third-order valence-electron chi connectivity index (χ3n) is 2.62. The minimum absolute atomic E-state index is 0.0391. The third kappa shape index (κ3) is 2.50. The van der Waals surface area contributed by atoms with Gasteiger partial charge in [-0.3, -0.25) is 0 Å². The Kier molecular flexibility index (Phi) is 3.49. The van der Waals surface area contributed by atoms with E-state index in [1.807, 2.05) is 18.2 Å². The summed E-state index contributed by atoms with van der Waals surface area (Å²) < 4.78 is 25.9. The van der Waals surface area contributed by atoms with Crippen molar-refractivity contribution in [3.8, 4) is 11.1 Å². The first-order valence-electron chi connectivity index (χ1n) is 5.29. The second kappa shape index (κ2) is 5.06. The largest absolute Gasteiger partial charge is 0.392 e. The maximum absolute atomic E-state index is 12.9. The second-order valence-electron chi connectivity index (χ2n) is 3.75. The topological polar surface area (TPSA) is 20.2 Å². The van der Waals surface area contributed by atoms with Gasteiger partial charge in [0.1, 0.15) is 0 Å². The second-order valence-corrected chi connectivity index (χ2v) is 3.75. The van der Waals surface area contributed by atoms with Gasteiger partial charge in [-0.25, -0.2) is 8.78 Å². The van der Waals surface area contributed by atoms with Gasteiger partial charge in [0, 0.05) is 5.56 Å². The van der Waals surface area contributed by atoms with Crippen molar-refractivity contribution >= 4 is 0 Å². The van der Waals surface area contributed by atoms with Crippen molar-refractivity contribution in [3.05, 3.63) is 59.7 Å². The van der Waals surface area contributed by atoms with E-state index in [9.17, 15) is 8.78 Å². The standard InChI is InChI=1S/C14H12F2O/c15-14(16)13-8-10(9-17)6-7-12(13)11-4-2-1-3-5-11/h1-8,14,17H,9H2. The van der Waals surface area contributed by atoms with Crippen LogP contribution in [0, 0.1) is 0 Å². The number of aliphatic hydroxyl groups excluding tert-OH is 1. The van der Waals surface area contributed by atoms with Crippen LogP contribution < -0.4 is 0 Å². The molecule has 0 atom stereocenters. The normalized spacial score (nSPS) is 10.8. The van der Waals surface area contributed by atoms with E-state index in [2.05, 4.69) is 0 Å². The molecule has 88 valence electrons. The van der Waals surface area contributed by atoms with E-state index in [-0.39, 0.29) is 12.2 Å². The summed E-state index contributed by atoms with van der Waals surface area (Å²) in [4.78, 5) is 0. The molecule has 0 amide bonds. The van der Waals surface area contributed by atoms with E-state index in [1.54, 1.807) is 24.3 Å². The number of hydrogen-bond donors (Lipinski definition) is 1. The van der Waals surface area contributed by atoms with Crippen LogP contribution in [0.15, 0.2) is 48.5 Å². The Bertz CT molecular complexity index is 495. The van der Waals surface area contributed by atoms with E-state index < -0.39 is 6.43 Å². The lowest BCUT2D eigenvalue weighted by atomic mass is 9.98. The highest BCUT2D eigenvalue weighted by Crippen LogP contribution is 2.31. The average Bonchev–Trinajstić information content (AvgIpc) is 2.39. The monoisotopic (exact) mass is 234 g/mol. The first-order chi connectivity index (χ1) is 8.22. The highest BCUT2D eigenvalue weighted by Gasteiger charge is 2.14. The van der Waals surface area contributed by atoms with E-state index in [4.69, 9.17) is 5.11 Å². The first-order valence-corrected chi connectivity index (χ1v) is 5.29. The molecule has 0 saturated carbocycles. The van der Waals surface area contributed by atoms with E-state index >= 15 is 0 Å². The molecule has 17 heavy (non-hydrogen) atoms. The van der Waals surface area contributed by atoms with Gasteiger partial charge in [-0.1, -0.05) is 42.5 Å². The molecule has 0 radical (unpaired) electrons. The SMILES string of the molecule is OCc1ccc(-c2ccccc2)c(C(F)F)c1. The van der Waals surface area contributed by atoms with Crippen LogP contribution in [-0.2, 0) is 6.61 Å². The summed E-state index contributed by atoms with van der Waals surface area (Å²) in [7, 11) is 0. The third-order valence-corrected chi connectivity index (χ3v) is 2.62. The number of aliphatic hydroxyl groups is 1. The summed E-state index contributed by atoms with van der Waals surface area (Å²) in [5, 5.41) is 8.96. The van der Waals surface area contributed by atoms with Gasteiger partial charge < -0.3 is 5.11 Å². The zero-order valence-corrected chi connectivity index (χ0v) is 9.11. The van der Waals surface area contributed by atoms with Crippen LogP contribution in [0.3, 0.4) is 0 Å². The summed E-state index contributed by atoms with van der Waals surface area (Å²) in [5.74, 6) is 0. The molecular formula is C14H12F2O. The molecular weight excluding hydrogens is 222 g/mol. The predicted octanol–water partition coefficient (Wildman–Crippen LogP) is 3.78. The first kappa shape index (κ1) is 11.7. The van der Waals surface area contributed by atoms with Crippen LogP contribution in [0.5, 0.6) is 0 Å². The zero-order valence-electron chi connectivity index (χ0n) is 9.11. The molecule has 0 heterocycles. The molecule has 0 spiro atoms. The number of halogens is 2. The maximum atomic E-state index is 12.9. The Morgan fingerprint density at radius 2 is 1.71 bits per heavy atom. The van der Waals surface area contributed by atoms with Gasteiger partial charge in [0.15, 0.2) is 0 Å². The minimum Gasteiger partial charge on any atom is -0.392 e. The molecule has 0 aliphatic rings. The fourth-order valence-corrected chi connectivity index (χ4v) is 1.77. The van der Waals surface area contributed by atoms with Crippen molar-refractivity contribution in [1.82, 2.24) is 0 Å². The van der Waals surface area contributed by atoms with Gasteiger partial charge in [-0.05, 0) is 22.8 Å². The quantitative estimate of drug-likeness (QED) is 0.856. The Morgan fingerprint density at radius 3 is 2.29 bits per heavy atom.